The zero-order valence-corrected chi connectivity index (χ0v) is 18.5. The molecule has 1 heterocycles. The third kappa shape index (κ3) is 4.40. The summed E-state index contributed by atoms with van der Waals surface area (Å²) in [6.45, 7) is 1.46. The second-order valence-corrected chi connectivity index (χ2v) is 7.98. The molecule has 2 amide bonds. The molecule has 0 spiro atoms. The van der Waals surface area contributed by atoms with E-state index in [4.69, 9.17) is 9.47 Å². The van der Waals surface area contributed by atoms with Gasteiger partial charge in [-0.2, -0.15) is 0 Å². The summed E-state index contributed by atoms with van der Waals surface area (Å²) in [7, 11) is 3.25. The monoisotopic (exact) mass is 432 g/mol. The van der Waals surface area contributed by atoms with Crippen LogP contribution in [0.15, 0.2) is 60.7 Å². The molecular weight excluding hydrogens is 404 g/mol. The standard InChI is InChI=1S/C26H28N2O4/c1-31-23-12-6-3-8-18(23)16-27-25(29)19-9-7-15-28(17-19)26(30)22-13-14-24(32-2)21-11-5-4-10-20(21)22/h3-6,8,10-14,19H,7,9,15-17H2,1-2H3,(H,27,29). The van der Waals surface area contributed by atoms with Crippen molar-refractivity contribution in [2.24, 2.45) is 5.92 Å². The van der Waals surface area contributed by atoms with Crippen molar-refractivity contribution >= 4 is 22.6 Å². The lowest BCUT2D eigenvalue weighted by Crippen LogP contribution is -2.45. The van der Waals surface area contributed by atoms with E-state index in [1.165, 1.54) is 0 Å². The molecule has 32 heavy (non-hydrogen) atoms. The average Bonchev–Trinajstić information content (AvgIpc) is 2.86. The number of para-hydroxylation sites is 1. The summed E-state index contributed by atoms with van der Waals surface area (Å²) in [5.74, 6) is 1.18. The minimum absolute atomic E-state index is 0.0343. The number of nitrogens with one attached hydrogen (secondary N) is 1. The molecule has 6 nitrogen and oxygen atoms in total. The minimum atomic E-state index is -0.230. The number of likely N-dealkylation sites (tertiary alicyclic amines) is 1. The van der Waals surface area contributed by atoms with Crippen LogP contribution in [-0.4, -0.2) is 44.0 Å². The molecule has 1 N–H and O–H groups in total. The Kier molecular flexibility index (Phi) is 6.59. The third-order valence-corrected chi connectivity index (χ3v) is 6.06. The van der Waals surface area contributed by atoms with Gasteiger partial charge in [-0.05, 0) is 36.4 Å². The maximum Gasteiger partial charge on any atom is 0.254 e. The van der Waals surface area contributed by atoms with Gasteiger partial charge in [0, 0.05) is 36.1 Å². The van der Waals surface area contributed by atoms with Gasteiger partial charge in [0.2, 0.25) is 5.91 Å². The van der Waals surface area contributed by atoms with Crippen LogP contribution in [-0.2, 0) is 11.3 Å². The Morgan fingerprint density at radius 3 is 2.44 bits per heavy atom. The Hall–Kier alpha value is -3.54. The Labute approximate surface area is 188 Å². The van der Waals surface area contributed by atoms with Crippen LogP contribution >= 0.6 is 0 Å². The minimum Gasteiger partial charge on any atom is -0.496 e. The number of hydrogen-bond donors (Lipinski definition) is 1. The smallest absolute Gasteiger partial charge is 0.254 e. The number of hydrogen-bond acceptors (Lipinski definition) is 4. The summed E-state index contributed by atoms with van der Waals surface area (Å²) >= 11 is 0. The Bertz CT molecular complexity index is 1130. The van der Waals surface area contributed by atoms with Crippen molar-refractivity contribution in [3.8, 4) is 11.5 Å². The van der Waals surface area contributed by atoms with Crippen molar-refractivity contribution in [2.45, 2.75) is 19.4 Å². The largest absolute Gasteiger partial charge is 0.496 e. The molecule has 0 aromatic heterocycles. The van der Waals surface area contributed by atoms with E-state index in [9.17, 15) is 9.59 Å². The number of methoxy groups -OCH3 is 2. The lowest BCUT2D eigenvalue weighted by molar-refractivity contribution is -0.126. The molecule has 0 bridgehead atoms. The van der Waals surface area contributed by atoms with Crippen molar-refractivity contribution < 1.29 is 19.1 Å². The van der Waals surface area contributed by atoms with E-state index in [1.54, 1.807) is 19.1 Å². The first-order chi connectivity index (χ1) is 15.6. The number of benzene rings is 3. The van der Waals surface area contributed by atoms with Gasteiger partial charge in [0.15, 0.2) is 0 Å². The highest BCUT2D eigenvalue weighted by Crippen LogP contribution is 2.30. The average molecular weight is 433 g/mol. The number of carbonyl (C=O) groups excluding carboxylic acids is 2. The van der Waals surface area contributed by atoms with E-state index in [0.717, 1.165) is 40.7 Å². The van der Waals surface area contributed by atoms with Gasteiger partial charge in [-0.3, -0.25) is 9.59 Å². The van der Waals surface area contributed by atoms with Crippen LogP contribution in [0.4, 0.5) is 0 Å². The molecule has 1 aliphatic rings. The van der Waals surface area contributed by atoms with Crippen LogP contribution < -0.4 is 14.8 Å². The number of fused-ring (bicyclic) bond motifs is 1. The van der Waals surface area contributed by atoms with Crippen LogP contribution in [0.1, 0.15) is 28.8 Å². The SMILES string of the molecule is COc1ccccc1CNC(=O)C1CCCN(C(=O)c2ccc(OC)c3ccccc23)C1. The predicted octanol–water partition coefficient (Wildman–Crippen LogP) is 4.03. The molecule has 1 unspecified atom stereocenters. The number of piperidine rings is 1. The number of ether oxygens (including phenoxy) is 2. The summed E-state index contributed by atoms with van der Waals surface area (Å²) < 4.78 is 10.8. The van der Waals surface area contributed by atoms with E-state index in [1.807, 2.05) is 60.7 Å². The first kappa shape index (κ1) is 21.7. The Morgan fingerprint density at radius 1 is 0.938 bits per heavy atom. The topological polar surface area (TPSA) is 67.9 Å². The fourth-order valence-corrected chi connectivity index (χ4v) is 4.36. The van der Waals surface area contributed by atoms with Crippen LogP contribution in [0.2, 0.25) is 0 Å². The first-order valence-corrected chi connectivity index (χ1v) is 10.9. The third-order valence-electron chi connectivity index (χ3n) is 6.06. The molecule has 1 saturated heterocycles. The Morgan fingerprint density at radius 2 is 1.66 bits per heavy atom. The molecule has 0 radical (unpaired) electrons. The van der Waals surface area contributed by atoms with E-state index >= 15 is 0 Å². The highest BCUT2D eigenvalue weighted by Gasteiger charge is 2.29. The van der Waals surface area contributed by atoms with Gasteiger partial charge >= 0.3 is 0 Å². The van der Waals surface area contributed by atoms with Gasteiger partial charge < -0.3 is 19.7 Å². The summed E-state index contributed by atoms with van der Waals surface area (Å²) in [6.07, 6.45) is 1.57. The second-order valence-electron chi connectivity index (χ2n) is 7.98. The highest BCUT2D eigenvalue weighted by molar-refractivity contribution is 6.08. The van der Waals surface area contributed by atoms with Crippen molar-refractivity contribution in [3.05, 3.63) is 71.8 Å². The normalized spacial score (nSPS) is 15.9. The molecule has 1 aliphatic heterocycles. The van der Waals surface area contributed by atoms with Crippen molar-refractivity contribution in [1.29, 1.82) is 0 Å². The molecule has 0 saturated carbocycles. The number of carbonyl (C=O) groups is 2. The maximum absolute atomic E-state index is 13.4. The van der Waals surface area contributed by atoms with E-state index in [2.05, 4.69) is 5.32 Å². The van der Waals surface area contributed by atoms with E-state index < -0.39 is 0 Å². The lowest BCUT2D eigenvalue weighted by Gasteiger charge is -2.32. The van der Waals surface area contributed by atoms with E-state index in [-0.39, 0.29) is 17.7 Å². The van der Waals surface area contributed by atoms with Crippen LogP contribution in [0.5, 0.6) is 11.5 Å². The van der Waals surface area contributed by atoms with Gasteiger partial charge in [-0.15, -0.1) is 0 Å². The molecule has 0 aliphatic carbocycles. The zero-order valence-electron chi connectivity index (χ0n) is 18.5. The molecule has 166 valence electrons. The van der Waals surface area contributed by atoms with Crippen LogP contribution in [0.25, 0.3) is 10.8 Å². The summed E-state index contributed by atoms with van der Waals surface area (Å²) in [5, 5.41) is 4.78. The van der Waals surface area contributed by atoms with Crippen molar-refractivity contribution in [3.63, 3.8) is 0 Å². The first-order valence-electron chi connectivity index (χ1n) is 10.9. The van der Waals surface area contributed by atoms with Gasteiger partial charge in [0.25, 0.3) is 5.91 Å². The van der Waals surface area contributed by atoms with E-state index in [0.29, 0.717) is 25.2 Å². The fraction of sp³-hybridized carbons (Fsp3) is 0.308. The van der Waals surface area contributed by atoms with Crippen molar-refractivity contribution in [2.75, 3.05) is 27.3 Å². The number of rotatable bonds is 6. The Balaban J connectivity index is 1.46. The quantitative estimate of drug-likeness (QED) is 0.639. The van der Waals surface area contributed by atoms with Gasteiger partial charge in [0.05, 0.1) is 20.1 Å². The highest BCUT2D eigenvalue weighted by atomic mass is 16.5. The summed E-state index contributed by atoms with van der Waals surface area (Å²) in [5.41, 5.74) is 1.56. The summed E-state index contributed by atoms with van der Waals surface area (Å²) in [6, 6.07) is 19.0. The van der Waals surface area contributed by atoms with Gasteiger partial charge in [-0.1, -0.05) is 42.5 Å². The number of amides is 2. The lowest BCUT2D eigenvalue weighted by atomic mass is 9.95. The fourth-order valence-electron chi connectivity index (χ4n) is 4.36. The molecule has 3 aromatic carbocycles. The molecule has 4 rings (SSSR count). The second kappa shape index (κ2) is 9.73. The maximum atomic E-state index is 13.4. The van der Waals surface area contributed by atoms with Crippen molar-refractivity contribution in [1.82, 2.24) is 10.2 Å². The van der Waals surface area contributed by atoms with Gasteiger partial charge in [0.1, 0.15) is 11.5 Å². The zero-order chi connectivity index (χ0) is 22.5. The van der Waals surface area contributed by atoms with Crippen LogP contribution in [0.3, 0.4) is 0 Å². The van der Waals surface area contributed by atoms with Gasteiger partial charge in [-0.25, -0.2) is 0 Å². The van der Waals surface area contributed by atoms with Crippen LogP contribution in [0, 0.1) is 5.92 Å². The molecule has 1 atom stereocenters. The number of nitrogens with zero attached hydrogens (tertiary/aromatic N) is 1. The molecule has 3 aromatic rings. The molecule has 1 fully saturated rings. The predicted molar refractivity (Wildman–Crippen MR) is 124 cm³/mol. The molecule has 6 heteroatoms. The molecular formula is C26H28N2O4. The summed E-state index contributed by atoms with van der Waals surface area (Å²) in [4.78, 5) is 28.0.